The van der Waals surface area contributed by atoms with E-state index in [0.29, 0.717) is 6.61 Å². The van der Waals surface area contributed by atoms with Gasteiger partial charge in [-0.05, 0) is 93.4 Å². The topological polar surface area (TPSA) is 42.3 Å². The predicted octanol–water partition coefficient (Wildman–Crippen LogP) is 5.11. The fourth-order valence-corrected chi connectivity index (χ4v) is 5.26. The van der Waals surface area contributed by atoms with Crippen molar-refractivity contribution < 1.29 is 4.74 Å². The van der Waals surface area contributed by atoms with Gasteiger partial charge in [0.2, 0.25) is 0 Å². The Morgan fingerprint density at radius 2 is 1.81 bits per heavy atom. The van der Waals surface area contributed by atoms with Crippen LogP contribution in [-0.2, 0) is 4.74 Å². The first-order valence-electron chi connectivity index (χ1n) is 11.1. The van der Waals surface area contributed by atoms with E-state index in [1.54, 1.807) is 7.11 Å². The summed E-state index contributed by atoms with van der Waals surface area (Å²) in [6.07, 6.45) is 2.77. The zero-order valence-corrected chi connectivity index (χ0v) is 20.4. The lowest BCUT2D eigenvalue weighted by Crippen LogP contribution is -2.31. The van der Waals surface area contributed by atoms with Crippen molar-refractivity contribution in [1.29, 1.82) is 0 Å². The van der Waals surface area contributed by atoms with Crippen LogP contribution >= 0.6 is 12.2 Å². The number of rotatable bonds is 7. The summed E-state index contributed by atoms with van der Waals surface area (Å²) in [4.78, 5) is 6.97. The molecule has 0 amide bonds. The molecule has 168 valence electrons. The van der Waals surface area contributed by atoms with Crippen molar-refractivity contribution in [2.45, 2.75) is 46.2 Å². The Morgan fingerprint density at radius 1 is 1.06 bits per heavy atom. The molecule has 1 saturated heterocycles. The van der Waals surface area contributed by atoms with E-state index in [4.69, 9.17) is 17.0 Å². The average molecular weight is 449 g/mol. The summed E-state index contributed by atoms with van der Waals surface area (Å²) in [6, 6.07) is 15.2. The van der Waals surface area contributed by atoms with E-state index in [9.17, 15) is 0 Å². The first-order chi connectivity index (χ1) is 15.4. The second-order valence-corrected chi connectivity index (χ2v) is 9.06. The number of hydrogen-bond donors (Lipinski definition) is 1. The molecule has 2 atom stereocenters. The monoisotopic (exact) mass is 448 g/mol. The number of ether oxygens (including phenoxy) is 1. The fraction of sp³-hybridized carbons (Fsp3) is 0.385. The van der Waals surface area contributed by atoms with Crippen molar-refractivity contribution in [2.24, 2.45) is 0 Å². The number of pyridine rings is 1. The van der Waals surface area contributed by atoms with E-state index in [1.807, 2.05) is 18.3 Å². The largest absolute Gasteiger partial charge is 0.385 e. The Hall–Kier alpha value is -2.70. The molecule has 6 heteroatoms. The van der Waals surface area contributed by atoms with Crippen molar-refractivity contribution in [2.75, 3.05) is 20.3 Å². The molecule has 1 aliphatic heterocycles. The Labute approximate surface area is 196 Å². The molecule has 1 aromatic carbocycles. The molecule has 1 fully saturated rings. The summed E-state index contributed by atoms with van der Waals surface area (Å²) >= 11 is 5.79. The summed E-state index contributed by atoms with van der Waals surface area (Å²) in [5.74, 6) is 0. The Bertz CT molecular complexity index is 1090. The molecule has 4 rings (SSSR count). The number of aromatic nitrogens is 2. The Morgan fingerprint density at radius 3 is 2.47 bits per heavy atom. The van der Waals surface area contributed by atoms with Crippen molar-refractivity contribution in [3.05, 3.63) is 82.4 Å². The van der Waals surface area contributed by atoms with Gasteiger partial charge in [0.25, 0.3) is 0 Å². The number of benzene rings is 1. The van der Waals surface area contributed by atoms with Gasteiger partial charge in [0.1, 0.15) is 0 Å². The average Bonchev–Trinajstić information content (AvgIpc) is 3.23. The first-order valence-corrected chi connectivity index (χ1v) is 11.6. The minimum atomic E-state index is -0.000518. The number of methoxy groups -OCH3 is 1. The molecular formula is C26H32N4OS. The van der Waals surface area contributed by atoms with Crippen LogP contribution in [0.15, 0.2) is 48.7 Å². The molecule has 0 radical (unpaired) electrons. The van der Waals surface area contributed by atoms with Gasteiger partial charge in [0, 0.05) is 43.5 Å². The van der Waals surface area contributed by atoms with Crippen molar-refractivity contribution in [3.8, 4) is 5.69 Å². The third-order valence-electron chi connectivity index (χ3n) is 6.20. The molecule has 0 spiro atoms. The van der Waals surface area contributed by atoms with Crippen LogP contribution in [0, 0.1) is 27.7 Å². The van der Waals surface area contributed by atoms with Gasteiger partial charge in [-0.15, -0.1) is 0 Å². The summed E-state index contributed by atoms with van der Waals surface area (Å²) in [5, 5.41) is 4.33. The molecule has 32 heavy (non-hydrogen) atoms. The molecule has 3 aromatic rings. The minimum absolute atomic E-state index is 0.000518. The van der Waals surface area contributed by atoms with Crippen LogP contribution in [0.5, 0.6) is 0 Å². The van der Waals surface area contributed by atoms with E-state index in [2.05, 4.69) is 77.8 Å². The molecule has 0 bridgehead atoms. The lowest BCUT2D eigenvalue weighted by Gasteiger charge is -2.28. The molecule has 2 aromatic heterocycles. The van der Waals surface area contributed by atoms with Crippen molar-refractivity contribution in [1.82, 2.24) is 19.8 Å². The first kappa shape index (κ1) is 22.5. The highest BCUT2D eigenvalue weighted by Gasteiger charge is 2.41. The Balaban J connectivity index is 1.80. The number of hydrogen-bond acceptors (Lipinski definition) is 3. The molecule has 0 aliphatic carbocycles. The van der Waals surface area contributed by atoms with Crippen molar-refractivity contribution in [3.63, 3.8) is 0 Å². The van der Waals surface area contributed by atoms with Crippen LogP contribution in [0.3, 0.4) is 0 Å². The van der Waals surface area contributed by atoms with Gasteiger partial charge < -0.3 is 19.5 Å². The van der Waals surface area contributed by atoms with Gasteiger partial charge in [-0.25, -0.2) is 0 Å². The molecule has 3 heterocycles. The third-order valence-corrected chi connectivity index (χ3v) is 6.55. The summed E-state index contributed by atoms with van der Waals surface area (Å²) in [5.41, 5.74) is 8.49. The summed E-state index contributed by atoms with van der Waals surface area (Å²) < 4.78 is 7.67. The van der Waals surface area contributed by atoms with Crippen LogP contribution in [0.1, 0.15) is 52.3 Å². The van der Waals surface area contributed by atoms with Crippen LogP contribution in [-0.4, -0.2) is 39.8 Å². The Kier molecular flexibility index (Phi) is 6.63. The zero-order chi connectivity index (χ0) is 22.8. The van der Waals surface area contributed by atoms with Gasteiger partial charge in [-0.1, -0.05) is 12.1 Å². The normalized spacial score (nSPS) is 18.3. The van der Waals surface area contributed by atoms with Crippen LogP contribution in [0.25, 0.3) is 5.69 Å². The SMILES string of the molecule is COCCCN1C(=S)N[C@H](c2ccccn2)[C@@H]1c1cc(C)n(-c2cc(C)cc(C)c2)c1C. The molecule has 1 N–H and O–H groups in total. The van der Waals surface area contributed by atoms with E-state index in [-0.39, 0.29) is 12.1 Å². The van der Waals surface area contributed by atoms with Gasteiger partial charge in [0.15, 0.2) is 5.11 Å². The maximum atomic E-state index is 5.79. The molecule has 0 saturated carbocycles. The minimum Gasteiger partial charge on any atom is -0.385 e. The standard InChI is InChI=1S/C26H32N4OS/c1-17-13-18(2)15-21(14-17)30-19(3)16-22(20(30)4)25-24(23-9-6-7-10-27-23)28-26(32)29(25)11-8-12-31-5/h6-7,9-10,13-16,24-25H,8,11-12H2,1-5H3,(H,28,32)/t24-,25+/m1/s1. The maximum absolute atomic E-state index is 5.79. The predicted molar refractivity (Wildman–Crippen MR) is 133 cm³/mol. The fourth-order valence-electron chi connectivity index (χ4n) is 4.93. The number of nitrogens with one attached hydrogen (secondary N) is 1. The smallest absolute Gasteiger partial charge is 0.170 e. The molecular weight excluding hydrogens is 416 g/mol. The second-order valence-electron chi connectivity index (χ2n) is 8.67. The van der Waals surface area contributed by atoms with Gasteiger partial charge >= 0.3 is 0 Å². The lowest BCUT2D eigenvalue weighted by atomic mass is 9.96. The van der Waals surface area contributed by atoms with Gasteiger partial charge in [-0.3, -0.25) is 4.98 Å². The van der Waals surface area contributed by atoms with Gasteiger partial charge in [-0.2, -0.15) is 0 Å². The van der Waals surface area contributed by atoms with E-state index in [1.165, 1.54) is 33.8 Å². The quantitative estimate of drug-likeness (QED) is 0.402. The van der Waals surface area contributed by atoms with Crippen LogP contribution in [0.4, 0.5) is 0 Å². The zero-order valence-electron chi connectivity index (χ0n) is 19.6. The van der Waals surface area contributed by atoms with Gasteiger partial charge in [0.05, 0.1) is 17.8 Å². The van der Waals surface area contributed by atoms with Crippen molar-refractivity contribution >= 4 is 17.3 Å². The molecule has 5 nitrogen and oxygen atoms in total. The van der Waals surface area contributed by atoms with E-state index >= 15 is 0 Å². The van der Waals surface area contributed by atoms with Crippen LogP contribution < -0.4 is 5.32 Å². The molecule has 0 unspecified atom stereocenters. The molecule has 1 aliphatic rings. The number of nitrogens with zero attached hydrogens (tertiary/aromatic N) is 3. The highest BCUT2D eigenvalue weighted by molar-refractivity contribution is 7.80. The number of aryl methyl sites for hydroxylation is 3. The van der Waals surface area contributed by atoms with E-state index in [0.717, 1.165) is 23.8 Å². The van der Waals surface area contributed by atoms with Crippen LogP contribution in [0.2, 0.25) is 0 Å². The third kappa shape index (κ3) is 4.30. The second kappa shape index (κ2) is 9.43. The summed E-state index contributed by atoms with van der Waals surface area (Å²) in [7, 11) is 1.74. The summed E-state index contributed by atoms with van der Waals surface area (Å²) in [6.45, 7) is 10.2. The highest BCUT2D eigenvalue weighted by atomic mass is 32.1. The maximum Gasteiger partial charge on any atom is 0.170 e. The highest BCUT2D eigenvalue weighted by Crippen LogP contribution is 2.41. The lowest BCUT2D eigenvalue weighted by molar-refractivity contribution is 0.180. The number of thiocarbonyl (C=S) groups is 1. The van der Waals surface area contributed by atoms with E-state index < -0.39 is 0 Å².